The lowest BCUT2D eigenvalue weighted by Gasteiger charge is -2.26. The van der Waals surface area contributed by atoms with Crippen LogP contribution in [0.3, 0.4) is 0 Å². The van der Waals surface area contributed by atoms with Gasteiger partial charge in [0.15, 0.2) is 0 Å². The van der Waals surface area contributed by atoms with E-state index in [9.17, 15) is 8.78 Å². The van der Waals surface area contributed by atoms with Crippen molar-refractivity contribution in [2.75, 3.05) is 11.9 Å². The highest BCUT2D eigenvalue weighted by atomic mass is 19.3. The molecule has 0 saturated heterocycles. The standard InChI is InChI=1S/C10H11F2N/c1-7-3-2-4-8-5-10(11,12)6-13-9(7)8/h2-4,13H,5-6H2,1H3. The highest BCUT2D eigenvalue weighted by molar-refractivity contribution is 5.59. The van der Waals surface area contributed by atoms with Gasteiger partial charge in [-0.3, -0.25) is 0 Å². The van der Waals surface area contributed by atoms with Gasteiger partial charge in [0, 0.05) is 12.1 Å². The summed E-state index contributed by atoms with van der Waals surface area (Å²) in [5.41, 5.74) is 2.64. The number of aryl methyl sites for hydroxylation is 1. The molecule has 70 valence electrons. The van der Waals surface area contributed by atoms with E-state index in [0.717, 1.165) is 16.8 Å². The number of nitrogens with one attached hydrogen (secondary N) is 1. The van der Waals surface area contributed by atoms with Crippen LogP contribution in [0.25, 0.3) is 0 Å². The van der Waals surface area contributed by atoms with E-state index in [4.69, 9.17) is 0 Å². The number of halogens is 2. The summed E-state index contributed by atoms with van der Waals surface area (Å²) in [5, 5.41) is 2.77. The van der Waals surface area contributed by atoms with E-state index < -0.39 is 5.92 Å². The van der Waals surface area contributed by atoms with Gasteiger partial charge in [0.05, 0.1) is 6.54 Å². The minimum atomic E-state index is -2.60. The zero-order valence-corrected chi connectivity index (χ0v) is 7.40. The van der Waals surface area contributed by atoms with Gasteiger partial charge in [-0.15, -0.1) is 0 Å². The number of hydrogen-bond donors (Lipinski definition) is 1. The first-order chi connectivity index (χ1) is 6.08. The van der Waals surface area contributed by atoms with E-state index in [0.29, 0.717) is 0 Å². The van der Waals surface area contributed by atoms with Gasteiger partial charge in [-0.25, -0.2) is 8.78 Å². The Labute approximate surface area is 75.8 Å². The second kappa shape index (κ2) is 2.69. The van der Waals surface area contributed by atoms with E-state index in [-0.39, 0.29) is 13.0 Å². The molecule has 13 heavy (non-hydrogen) atoms. The molecule has 0 bridgehead atoms. The van der Waals surface area contributed by atoms with E-state index in [1.165, 1.54) is 0 Å². The predicted octanol–water partition coefficient (Wildman–Crippen LogP) is 2.60. The average Bonchev–Trinajstić information content (AvgIpc) is 2.02. The van der Waals surface area contributed by atoms with E-state index in [1.807, 2.05) is 19.1 Å². The number of benzene rings is 1. The Morgan fingerprint density at radius 2 is 2.15 bits per heavy atom. The molecule has 1 aliphatic heterocycles. The molecule has 0 atom stereocenters. The second-order valence-corrected chi connectivity index (χ2v) is 3.50. The van der Waals surface area contributed by atoms with Crippen LogP contribution >= 0.6 is 0 Å². The summed E-state index contributed by atoms with van der Waals surface area (Å²) in [5.74, 6) is -2.60. The third kappa shape index (κ3) is 1.50. The Kier molecular flexibility index (Phi) is 1.75. The molecule has 0 aliphatic carbocycles. The van der Waals surface area contributed by atoms with Crippen LogP contribution in [-0.4, -0.2) is 12.5 Å². The van der Waals surface area contributed by atoms with Gasteiger partial charge in [-0.05, 0) is 18.1 Å². The van der Waals surface area contributed by atoms with E-state index >= 15 is 0 Å². The van der Waals surface area contributed by atoms with Crippen molar-refractivity contribution in [2.24, 2.45) is 0 Å². The maximum absolute atomic E-state index is 13.0. The van der Waals surface area contributed by atoms with Crippen LogP contribution in [0.1, 0.15) is 11.1 Å². The molecule has 0 spiro atoms. The lowest BCUT2D eigenvalue weighted by Crippen LogP contribution is -2.34. The van der Waals surface area contributed by atoms with Gasteiger partial charge < -0.3 is 5.32 Å². The van der Waals surface area contributed by atoms with Gasteiger partial charge >= 0.3 is 0 Å². The maximum atomic E-state index is 13.0. The number of anilines is 1. The molecule has 0 aromatic heterocycles. The van der Waals surface area contributed by atoms with Gasteiger partial charge in [-0.1, -0.05) is 18.2 Å². The smallest absolute Gasteiger partial charge is 0.269 e. The fraction of sp³-hybridized carbons (Fsp3) is 0.400. The quantitative estimate of drug-likeness (QED) is 0.651. The number of hydrogen-bond acceptors (Lipinski definition) is 1. The lowest BCUT2D eigenvalue weighted by molar-refractivity contribution is 0.0129. The molecule has 1 nitrogen and oxygen atoms in total. The number of fused-ring (bicyclic) bond motifs is 1. The molecular formula is C10H11F2N. The van der Waals surface area contributed by atoms with Gasteiger partial charge in [0.2, 0.25) is 0 Å². The molecule has 2 rings (SSSR count). The van der Waals surface area contributed by atoms with Crippen LogP contribution in [0.4, 0.5) is 14.5 Å². The normalized spacial score (nSPS) is 19.0. The first-order valence-corrected chi connectivity index (χ1v) is 4.29. The first-order valence-electron chi connectivity index (χ1n) is 4.29. The summed E-state index contributed by atoms with van der Waals surface area (Å²) < 4.78 is 25.9. The molecule has 1 aromatic rings. The summed E-state index contributed by atoms with van der Waals surface area (Å²) in [6.07, 6.45) is -0.142. The summed E-state index contributed by atoms with van der Waals surface area (Å²) in [6.45, 7) is 1.68. The molecule has 0 radical (unpaired) electrons. The average molecular weight is 183 g/mol. The Morgan fingerprint density at radius 3 is 2.92 bits per heavy atom. The highest BCUT2D eigenvalue weighted by Crippen LogP contribution is 2.32. The second-order valence-electron chi connectivity index (χ2n) is 3.50. The maximum Gasteiger partial charge on any atom is 0.269 e. The van der Waals surface area contributed by atoms with Crippen LogP contribution in [0.15, 0.2) is 18.2 Å². The van der Waals surface area contributed by atoms with Crippen molar-refractivity contribution in [1.29, 1.82) is 0 Å². The fourth-order valence-electron chi connectivity index (χ4n) is 1.69. The topological polar surface area (TPSA) is 12.0 Å². The molecule has 0 saturated carbocycles. The largest absolute Gasteiger partial charge is 0.379 e. The monoisotopic (exact) mass is 183 g/mol. The van der Waals surface area contributed by atoms with E-state index in [2.05, 4.69) is 5.32 Å². The first kappa shape index (κ1) is 8.48. The molecule has 1 aliphatic rings. The van der Waals surface area contributed by atoms with E-state index in [1.54, 1.807) is 6.07 Å². The van der Waals surface area contributed by atoms with Crippen molar-refractivity contribution in [3.63, 3.8) is 0 Å². The van der Waals surface area contributed by atoms with Crippen molar-refractivity contribution in [3.8, 4) is 0 Å². The Bertz CT molecular complexity index is 334. The Morgan fingerprint density at radius 1 is 1.38 bits per heavy atom. The summed E-state index contributed by atoms with van der Waals surface area (Å²) in [7, 11) is 0. The zero-order chi connectivity index (χ0) is 9.47. The Balaban J connectivity index is 2.42. The molecule has 0 fully saturated rings. The Hall–Kier alpha value is -1.12. The molecule has 3 heteroatoms. The molecule has 1 aromatic carbocycles. The lowest BCUT2D eigenvalue weighted by atomic mass is 9.98. The molecule has 0 unspecified atom stereocenters. The predicted molar refractivity (Wildman–Crippen MR) is 48.3 cm³/mol. The van der Waals surface area contributed by atoms with Gasteiger partial charge in [0.1, 0.15) is 0 Å². The van der Waals surface area contributed by atoms with Crippen molar-refractivity contribution >= 4 is 5.69 Å². The van der Waals surface area contributed by atoms with Crippen molar-refractivity contribution in [1.82, 2.24) is 0 Å². The minimum absolute atomic E-state index is 0.142. The van der Waals surface area contributed by atoms with Crippen LogP contribution in [0.2, 0.25) is 0 Å². The minimum Gasteiger partial charge on any atom is -0.379 e. The SMILES string of the molecule is Cc1cccc2c1NCC(F)(F)C2. The van der Waals surface area contributed by atoms with Crippen molar-refractivity contribution in [3.05, 3.63) is 29.3 Å². The summed E-state index contributed by atoms with van der Waals surface area (Å²) in [4.78, 5) is 0. The summed E-state index contributed by atoms with van der Waals surface area (Å²) >= 11 is 0. The highest BCUT2D eigenvalue weighted by Gasteiger charge is 2.34. The molecular weight excluding hydrogens is 172 g/mol. The van der Waals surface area contributed by atoms with Crippen LogP contribution in [0.5, 0.6) is 0 Å². The zero-order valence-electron chi connectivity index (χ0n) is 7.40. The van der Waals surface area contributed by atoms with Crippen LogP contribution in [-0.2, 0) is 6.42 Å². The van der Waals surface area contributed by atoms with Gasteiger partial charge in [0.25, 0.3) is 5.92 Å². The third-order valence-electron chi connectivity index (χ3n) is 2.33. The van der Waals surface area contributed by atoms with Crippen molar-refractivity contribution in [2.45, 2.75) is 19.3 Å². The number of rotatable bonds is 0. The number of alkyl halides is 2. The summed E-state index contributed by atoms with van der Waals surface area (Å²) in [6, 6.07) is 5.49. The van der Waals surface area contributed by atoms with Crippen molar-refractivity contribution < 1.29 is 8.78 Å². The van der Waals surface area contributed by atoms with Gasteiger partial charge in [-0.2, -0.15) is 0 Å². The number of para-hydroxylation sites is 1. The molecule has 0 amide bonds. The molecule has 1 heterocycles. The van der Waals surface area contributed by atoms with Crippen LogP contribution < -0.4 is 5.32 Å². The fourth-order valence-corrected chi connectivity index (χ4v) is 1.69. The third-order valence-corrected chi connectivity index (χ3v) is 2.33. The molecule has 1 N–H and O–H groups in total. The van der Waals surface area contributed by atoms with Crippen LogP contribution in [0, 0.1) is 6.92 Å².